The van der Waals surface area contributed by atoms with Crippen molar-refractivity contribution < 1.29 is 3.79 Å². The molecule has 0 unspecified atom stereocenters. The number of hydrogen-bond donors (Lipinski definition) is 0. The average Bonchev–Trinajstić information content (AvgIpc) is 2.14. The van der Waals surface area contributed by atoms with E-state index in [1.165, 1.54) is 16.1 Å². The summed E-state index contributed by atoms with van der Waals surface area (Å²) in [7, 11) is 0. The molecule has 1 rings (SSSR count). The van der Waals surface area contributed by atoms with Crippen molar-refractivity contribution in [2.45, 2.75) is 45.2 Å². The van der Waals surface area contributed by atoms with Crippen molar-refractivity contribution in [3.05, 3.63) is 29.8 Å². The summed E-state index contributed by atoms with van der Waals surface area (Å²) >= 11 is -1.10. The van der Waals surface area contributed by atoms with Gasteiger partial charge < -0.3 is 3.79 Å². The van der Waals surface area contributed by atoms with Crippen LogP contribution < -0.4 is 3.79 Å². The predicted molar refractivity (Wildman–Crippen MR) is 76.9 cm³/mol. The van der Waals surface area contributed by atoms with Gasteiger partial charge in [-0.25, -0.2) is 0 Å². The van der Waals surface area contributed by atoms with E-state index >= 15 is 0 Å². The zero-order valence-corrected chi connectivity index (χ0v) is 13.0. The molecule has 0 saturated heterocycles. The van der Waals surface area contributed by atoms with E-state index in [2.05, 4.69) is 58.9 Å². The van der Waals surface area contributed by atoms with Gasteiger partial charge in [0.05, 0.1) is 5.75 Å². The van der Waals surface area contributed by atoms with Crippen molar-refractivity contribution in [1.82, 2.24) is 0 Å². The van der Waals surface area contributed by atoms with Crippen molar-refractivity contribution in [2.75, 3.05) is 0 Å². The molecule has 1 aromatic carbocycles. The van der Waals surface area contributed by atoms with Crippen LogP contribution in [-0.4, -0.2) is 14.5 Å². The highest BCUT2D eigenvalue weighted by Gasteiger charge is 2.25. The Kier molecular flexibility index (Phi) is 6.09. The van der Waals surface area contributed by atoms with Crippen LogP contribution in [0.2, 0.25) is 10.6 Å². The molecule has 17 heavy (non-hydrogen) atoms. The van der Waals surface area contributed by atoms with E-state index < -0.39 is 14.5 Å². The zero-order valence-electron chi connectivity index (χ0n) is 11.9. The summed E-state index contributed by atoms with van der Waals surface area (Å²) in [5.74, 6) is 2.56. The van der Waals surface area contributed by atoms with E-state index in [9.17, 15) is 0 Å². The SMILES string of the molecule is Cc1cccc([O][Al]([CH2]C(C)C)[CH2]C(C)C)c1. The molecule has 0 spiro atoms. The standard InChI is InChI=1S/C7H8O.2C4H9.Al/c1-6-3-2-4-7(8)5-6;2*1-4(2)3;/h2-5,8H,1H3;2*4H,1H2,2-3H3;/q;;;+1/p-1. The molecule has 1 nitrogen and oxygen atoms in total. The smallest absolute Gasteiger partial charge is 0.547 e. The van der Waals surface area contributed by atoms with Gasteiger partial charge in [0.15, 0.2) is 0 Å². The number of rotatable bonds is 6. The molecule has 0 aliphatic carbocycles. The minimum absolute atomic E-state index is 0.746. The average molecular weight is 248 g/mol. The Morgan fingerprint density at radius 1 is 1.06 bits per heavy atom. The molecule has 0 fully saturated rings. The Hall–Kier alpha value is -0.448. The van der Waals surface area contributed by atoms with E-state index in [4.69, 9.17) is 3.79 Å². The van der Waals surface area contributed by atoms with Gasteiger partial charge in [-0.2, -0.15) is 0 Å². The van der Waals surface area contributed by atoms with E-state index in [1.54, 1.807) is 0 Å². The molecule has 0 aliphatic rings. The monoisotopic (exact) mass is 248 g/mol. The van der Waals surface area contributed by atoms with Crippen LogP contribution in [-0.2, 0) is 0 Å². The zero-order chi connectivity index (χ0) is 12.8. The number of benzene rings is 1. The number of aryl methyl sites for hydroxylation is 1. The molecule has 94 valence electrons. The molecule has 0 radical (unpaired) electrons. The van der Waals surface area contributed by atoms with Gasteiger partial charge in [-0.3, -0.25) is 0 Å². The van der Waals surface area contributed by atoms with Crippen LogP contribution in [0.25, 0.3) is 0 Å². The summed E-state index contributed by atoms with van der Waals surface area (Å²) in [6.07, 6.45) is 0. The molecule has 0 saturated carbocycles. The Morgan fingerprint density at radius 3 is 2.12 bits per heavy atom. The predicted octanol–water partition coefficient (Wildman–Crippen LogP) is 4.68. The topological polar surface area (TPSA) is 9.23 Å². The molecule has 0 amide bonds. The lowest BCUT2D eigenvalue weighted by atomic mass is 10.2. The van der Waals surface area contributed by atoms with Gasteiger partial charge in [-0.05, 0) is 24.6 Å². The first-order chi connectivity index (χ1) is 7.97. The highest BCUT2D eigenvalue weighted by atomic mass is 27.2. The summed E-state index contributed by atoms with van der Waals surface area (Å²) in [5, 5.41) is 2.54. The third-order valence-corrected chi connectivity index (χ3v) is 6.30. The minimum Gasteiger partial charge on any atom is -0.643 e. The molecular formula is C15H25AlO. The maximum Gasteiger partial charge on any atom is 0.547 e. The lowest BCUT2D eigenvalue weighted by molar-refractivity contribution is 0.526. The highest BCUT2D eigenvalue weighted by molar-refractivity contribution is 6.52. The van der Waals surface area contributed by atoms with Gasteiger partial charge in [0.25, 0.3) is 0 Å². The van der Waals surface area contributed by atoms with E-state index in [0.717, 1.165) is 17.6 Å². The Bertz CT molecular complexity index is 323. The van der Waals surface area contributed by atoms with Gasteiger partial charge in [0.2, 0.25) is 0 Å². The first-order valence-corrected chi connectivity index (χ1v) is 8.81. The fourth-order valence-electron chi connectivity index (χ4n) is 2.13. The second-order valence-corrected chi connectivity index (χ2v) is 8.24. The second-order valence-electron chi connectivity index (χ2n) is 5.82. The van der Waals surface area contributed by atoms with Gasteiger partial charge in [0.1, 0.15) is 0 Å². The van der Waals surface area contributed by atoms with Gasteiger partial charge in [-0.15, -0.1) is 0 Å². The normalized spacial score (nSPS) is 11.0. The maximum absolute atomic E-state index is 6.26. The second kappa shape index (κ2) is 7.09. The van der Waals surface area contributed by atoms with Crippen LogP contribution in [0.4, 0.5) is 0 Å². The molecule has 0 aliphatic heterocycles. The van der Waals surface area contributed by atoms with Crippen molar-refractivity contribution in [2.24, 2.45) is 11.8 Å². The molecule has 0 atom stereocenters. The molecule has 2 heteroatoms. The molecule has 0 N–H and O–H groups in total. The Balaban J connectivity index is 2.64. The molecule has 0 aromatic heterocycles. The minimum atomic E-state index is -1.10. The van der Waals surface area contributed by atoms with Gasteiger partial charge in [0, 0.05) is 0 Å². The maximum atomic E-state index is 6.26. The first-order valence-electron chi connectivity index (χ1n) is 6.70. The third kappa shape index (κ3) is 6.15. The van der Waals surface area contributed by atoms with Crippen LogP contribution in [0.5, 0.6) is 5.75 Å². The Morgan fingerprint density at radius 2 is 1.65 bits per heavy atom. The molecule has 1 aromatic rings. The third-order valence-electron chi connectivity index (χ3n) is 2.76. The van der Waals surface area contributed by atoms with Crippen LogP contribution in [0.3, 0.4) is 0 Å². The lowest BCUT2D eigenvalue weighted by Gasteiger charge is -2.18. The van der Waals surface area contributed by atoms with Gasteiger partial charge >= 0.3 is 14.5 Å². The van der Waals surface area contributed by atoms with Crippen LogP contribution in [0, 0.1) is 18.8 Å². The van der Waals surface area contributed by atoms with E-state index in [0.29, 0.717) is 0 Å². The summed E-state index contributed by atoms with van der Waals surface area (Å²) in [5.41, 5.74) is 1.28. The van der Waals surface area contributed by atoms with Crippen molar-refractivity contribution in [3.8, 4) is 5.75 Å². The molecule has 0 bridgehead atoms. The summed E-state index contributed by atoms with van der Waals surface area (Å²) in [6, 6.07) is 8.45. The Labute approximate surface area is 111 Å². The van der Waals surface area contributed by atoms with Crippen molar-refractivity contribution >= 4 is 14.5 Å². The van der Waals surface area contributed by atoms with Crippen molar-refractivity contribution in [1.29, 1.82) is 0 Å². The molecular weight excluding hydrogens is 223 g/mol. The van der Waals surface area contributed by atoms with E-state index in [1.807, 2.05) is 0 Å². The van der Waals surface area contributed by atoms with E-state index in [-0.39, 0.29) is 0 Å². The summed E-state index contributed by atoms with van der Waals surface area (Å²) < 4.78 is 6.26. The van der Waals surface area contributed by atoms with Crippen LogP contribution in [0.1, 0.15) is 33.3 Å². The summed E-state index contributed by atoms with van der Waals surface area (Å²) in [4.78, 5) is 0. The summed E-state index contributed by atoms with van der Waals surface area (Å²) in [6.45, 7) is 11.3. The highest BCUT2D eigenvalue weighted by Crippen LogP contribution is 2.20. The van der Waals surface area contributed by atoms with Gasteiger partial charge in [-0.1, -0.05) is 62.2 Å². The lowest BCUT2D eigenvalue weighted by Crippen LogP contribution is -2.25. The largest absolute Gasteiger partial charge is 0.643 e. The van der Waals surface area contributed by atoms with Crippen LogP contribution >= 0.6 is 0 Å². The fraction of sp³-hybridized carbons (Fsp3) is 0.600. The molecule has 0 heterocycles. The fourth-order valence-corrected chi connectivity index (χ4v) is 5.14. The quantitative estimate of drug-likeness (QED) is 0.664. The first kappa shape index (κ1) is 14.6. The van der Waals surface area contributed by atoms with Crippen molar-refractivity contribution in [3.63, 3.8) is 0 Å². The van der Waals surface area contributed by atoms with Crippen LogP contribution in [0.15, 0.2) is 24.3 Å². The number of hydrogen-bond acceptors (Lipinski definition) is 1.